The van der Waals surface area contributed by atoms with Crippen LogP contribution in [0.2, 0.25) is 0 Å². The van der Waals surface area contributed by atoms with Gasteiger partial charge in [0.05, 0.1) is 4.92 Å². The zero-order chi connectivity index (χ0) is 19.3. The number of nitro benzene ring substituents is 1. The minimum Gasteiger partial charge on any atom is -0.368 e. The average molecular weight is 378 g/mol. The van der Waals surface area contributed by atoms with E-state index in [1.54, 1.807) is 12.1 Å². The molecular weight excluding hydrogens is 355 g/mol. The zero-order valence-electron chi connectivity index (χ0n) is 15.2. The van der Waals surface area contributed by atoms with Crippen molar-refractivity contribution < 1.29 is 18.5 Å². The Morgan fingerprint density at radius 1 is 0.962 bits per heavy atom. The number of nitro groups is 1. The van der Waals surface area contributed by atoms with Crippen molar-refractivity contribution in [1.29, 1.82) is 0 Å². The highest BCUT2D eigenvalue weighted by Crippen LogP contribution is 2.59. The summed E-state index contributed by atoms with van der Waals surface area (Å²) in [4.78, 5) is 10.4. The summed E-state index contributed by atoms with van der Waals surface area (Å²) >= 11 is 0. The molecule has 0 aliphatic carbocycles. The summed E-state index contributed by atoms with van der Waals surface area (Å²) in [6.07, 6.45) is 0. The molecule has 1 atom stereocenters. The van der Waals surface area contributed by atoms with Gasteiger partial charge in [0.2, 0.25) is 0 Å². The Hall–Kier alpha value is -2.21. The van der Waals surface area contributed by atoms with Crippen LogP contribution in [0.5, 0.6) is 0 Å². The normalized spacial score (nSPS) is 12.8. The van der Waals surface area contributed by atoms with Gasteiger partial charge in [-0.1, -0.05) is 26.0 Å². The lowest BCUT2D eigenvalue weighted by atomic mass is 10.0. The number of benzene rings is 2. The van der Waals surface area contributed by atoms with Crippen molar-refractivity contribution in [2.45, 2.75) is 25.5 Å². The molecule has 8 heteroatoms. The molecular formula is C18H23N2O5P. The molecule has 2 aromatic rings. The molecule has 2 rings (SSSR count). The molecule has 0 saturated heterocycles. The van der Waals surface area contributed by atoms with Gasteiger partial charge in [-0.3, -0.25) is 14.7 Å². The lowest BCUT2D eigenvalue weighted by Crippen LogP contribution is -2.13. The van der Waals surface area contributed by atoms with Crippen LogP contribution in [0.3, 0.4) is 0 Å². The number of rotatable bonds is 8. The van der Waals surface area contributed by atoms with Gasteiger partial charge in [0.25, 0.3) is 5.69 Å². The maximum absolute atomic E-state index is 13.0. The second kappa shape index (κ2) is 8.45. The van der Waals surface area contributed by atoms with E-state index < -0.39 is 18.3 Å². The van der Waals surface area contributed by atoms with E-state index in [0.717, 1.165) is 5.69 Å². The number of hydrogen-bond acceptors (Lipinski definition) is 6. The van der Waals surface area contributed by atoms with Crippen molar-refractivity contribution in [1.82, 2.24) is 0 Å². The molecule has 0 radical (unpaired) electrons. The van der Waals surface area contributed by atoms with E-state index in [1.807, 2.05) is 24.3 Å². The van der Waals surface area contributed by atoms with Gasteiger partial charge in [0, 0.05) is 32.0 Å². The van der Waals surface area contributed by atoms with Crippen LogP contribution in [0.15, 0.2) is 48.5 Å². The second-order valence-corrected chi connectivity index (χ2v) is 8.40. The topological polar surface area (TPSA) is 90.7 Å². The van der Waals surface area contributed by atoms with Crippen molar-refractivity contribution in [3.05, 3.63) is 69.8 Å². The third-order valence-corrected chi connectivity index (χ3v) is 6.20. The fourth-order valence-corrected chi connectivity index (χ4v) is 3.95. The average Bonchev–Trinajstić information content (AvgIpc) is 2.66. The standard InChI is InChI=1S/C18H23N2O5P/c1-13(2)14-5-9-16(10-6-14)19-18(26(23,24-3)25-4)15-7-11-17(12-8-15)20(21)22/h5-13,18-19H,1-4H3. The molecule has 26 heavy (non-hydrogen) atoms. The predicted octanol–water partition coefficient (Wildman–Crippen LogP) is 5.31. The van der Waals surface area contributed by atoms with Crippen LogP contribution in [0, 0.1) is 10.1 Å². The van der Waals surface area contributed by atoms with Crippen molar-refractivity contribution in [3.8, 4) is 0 Å². The quantitative estimate of drug-likeness (QED) is 0.380. The van der Waals surface area contributed by atoms with Gasteiger partial charge in [-0.25, -0.2) is 0 Å². The number of hydrogen-bond donors (Lipinski definition) is 1. The Kier molecular flexibility index (Phi) is 6.53. The molecule has 140 valence electrons. The van der Waals surface area contributed by atoms with Crippen molar-refractivity contribution >= 4 is 19.0 Å². The minimum atomic E-state index is -3.53. The summed E-state index contributed by atoms with van der Waals surface area (Å²) in [5.41, 5.74) is 2.45. The highest BCUT2D eigenvalue weighted by atomic mass is 31.2. The molecule has 2 aromatic carbocycles. The maximum Gasteiger partial charge on any atom is 0.356 e. The fourth-order valence-electron chi connectivity index (χ4n) is 2.53. The third-order valence-electron chi connectivity index (χ3n) is 4.13. The number of nitrogens with zero attached hydrogens (tertiary/aromatic N) is 1. The minimum absolute atomic E-state index is 0.0431. The highest BCUT2D eigenvalue weighted by Gasteiger charge is 2.35. The predicted molar refractivity (Wildman–Crippen MR) is 102 cm³/mol. The smallest absolute Gasteiger partial charge is 0.356 e. The van der Waals surface area contributed by atoms with Crippen LogP contribution in [0.25, 0.3) is 0 Å². The molecule has 0 saturated carbocycles. The van der Waals surface area contributed by atoms with Gasteiger partial charge in [-0.05, 0) is 41.3 Å². The van der Waals surface area contributed by atoms with E-state index >= 15 is 0 Å². The Balaban J connectivity index is 2.38. The molecule has 1 unspecified atom stereocenters. The summed E-state index contributed by atoms with van der Waals surface area (Å²) in [5, 5.41) is 14.0. The van der Waals surface area contributed by atoms with E-state index in [2.05, 4.69) is 19.2 Å². The van der Waals surface area contributed by atoms with E-state index in [9.17, 15) is 14.7 Å². The van der Waals surface area contributed by atoms with Crippen LogP contribution in [-0.2, 0) is 13.6 Å². The Labute approximate surface area is 153 Å². The monoisotopic (exact) mass is 378 g/mol. The van der Waals surface area contributed by atoms with Crippen LogP contribution in [-0.4, -0.2) is 19.1 Å². The first-order valence-corrected chi connectivity index (χ1v) is 9.74. The van der Waals surface area contributed by atoms with E-state index in [1.165, 1.54) is 31.9 Å². The zero-order valence-corrected chi connectivity index (χ0v) is 16.1. The van der Waals surface area contributed by atoms with Crippen molar-refractivity contribution in [2.75, 3.05) is 19.5 Å². The first-order valence-electron chi connectivity index (χ1n) is 8.12. The van der Waals surface area contributed by atoms with Crippen LogP contribution in [0.4, 0.5) is 11.4 Å². The van der Waals surface area contributed by atoms with E-state index in [-0.39, 0.29) is 5.69 Å². The van der Waals surface area contributed by atoms with Gasteiger partial charge in [-0.15, -0.1) is 0 Å². The summed E-state index contributed by atoms with van der Waals surface area (Å²) in [6.45, 7) is 4.21. The SMILES string of the molecule is COP(=O)(OC)C(Nc1ccc(C(C)C)cc1)c1ccc([N+](=O)[O-])cc1. The fraction of sp³-hybridized carbons (Fsp3) is 0.333. The molecule has 0 aliphatic rings. The molecule has 0 aromatic heterocycles. The number of anilines is 1. The maximum atomic E-state index is 13.0. The van der Waals surface area contributed by atoms with E-state index in [0.29, 0.717) is 11.5 Å². The van der Waals surface area contributed by atoms with Gasteiger partial charge < -0.3 is 14.4 Å². The first-order chi connectivity index (χ1) is 12.3. The van der Waals surface area contributed by atoms with Gasteiger partial charge in [0.15, 0.2) is 5.78 Å². The molecule has 0 aliphatic heterocycles. The van der Waals surface area contributed by atoms with E-state index in [4.69, 9.17) is 9.05 Å². The summed E-state index contributed by atoms with van der Waals surface area (Å²) < 4.78 is 23.3. The molecule has 0 bridgehead atoms. The Bertz CT molecular complexity index is 782. The lowest BCUT2D eigenvalue weighted by Gasteiger charge is -2.26. The van der Waals surface area contributed by atoms with Crippen LogP contribution >= 0.6 is 7.60 Å². The summed E-state index contributed by atoms with van der Waals surface area (Å²) in [6, 6.07) is 13.6. The molecule has 1 N–H and O–H groups in total. The first kappa shape index (κ1) is 20.1. The van der Waals surface area contributed by atoms with Gasteiger partial charge in [-0.2, -0.15) is 0 Å². The highest BCUT2D eigenvalue weighted by molar-refractivity contribution is 7.54. The molecule has 7 nitrogen and oxygen atoms in total. The Morgan fingerprint density at radius 2 is 1.46 bits per heavy atom. The third kappa shape index (κ3) is 4.49. The summed E-state index contributed by atoms with van der Waals surface area (Å²) in [7, 11) is -0.906. The number of non-ortho nitro benzene ring substituents is 1. The van der Waals surface area contributed by atoms with Crippen molar-refractivity contribution in [3.63, 3.8) is 0 Å². The van der Waals surface area contributed by atoms with Crippen LogP contribution < -0.4 is 5.32 Å². The van der Waals surface area contributed by atoms with Crippen molar-refractivity contribution in [2.24, 2.45) is 0 Å². The molecule has 0 heterocycles. The van der Waals surface area contributed by atoms with Gasteiger partial charge in [0.1, 0.15) is 0 Å². The molecule has 0 fully saturated rings. The number of nitrogens with one attached hydrogen (secondary N) is 1. The van der Waals surface area contributed by atoms with Gasteiger partial charge >= 0.3 is 7.60 Å². The molecule has 0 spiro atoms. The molecule has 0 amide bonds. The summed E-state index contributed by atoms with van der Waals surface area (Å²) in [5.74, 6) is -0.401. The second-order valence-electron chi connectivity index (χ2n) is 6.08. The lowest BCUT2D eigenvalue weighted by molar-refractivity contribution is -0.384. The van der Waals surface area contributed by atoms with Crippen LogP contribution in [0.1, 0.15) is 36.7 Å². The largest absolute Gasteiger partial charge is 0.368 e. The Morgan fingerprint density at radius 3 is 1.88 bits per heavy atom.